The predicted molar refractivity (Wildman–Crippen MR) is 63.1 cm³/mol. The molecule has 0 radical (unpaired) electrons. The molecule has 0 aliphatic rings. The SMILES string of the molecule is O=Cc1ccc(Oc2ccc(C(=O)O)cn2)cc1. The first-order chi connectivity index (χ1) is 8.69. The van der Waals surface area contributed by atoms with Crippen molar-refractivity contribution in [2.24, 2.45) is 0 Å². The van der Waals surface area contributed by atoms with Crippen molar-refractivity contribution in [3.8, 4) is 11.6 Å². The molecule has 0 amide bonds. The van der Waals surface area contributed by atoms with Crippen LogP contribution in [0.25, 0.3) is 0 Å². The Labute approximate surface area is 103 Å². The van der Waals surface area contributed by atoms with Crippen molar-refractivity contribution in [3.05, 3.63) is 53.7 Å². The van der Waals surface area contributed by atoms with Gasteiger partial charge in [-0.15, -0.1) is 0 Å². The molecule has 2 aromatic rings. The number of ether oxygens (including phenoxy) is 1. The molecule has 5 nitrogen and oxygen atoms in total. The monoisotopic (exact) mass is 243 g/mol. The Balaban J connectivity index is 2.12. The summed E-state index contributed by atoms with van der Waals surface area (Å²) in [6.45, 7) is 0. The highest BCUT2D eigenvalue weighted by Gasteiger charge is 2.04. The molecule has 1 aromatic carbocycles. The minimum atomic E-state index is -1.04. The number of aldehydes is 1. The molecule has 0 saturated carbocycles. The lowest BCUT2D eigenvalue weighted by molar-refractivity contribution is 0.0696. The molecule has 0 bridgehead atoms. The molecule has 1 N–H and O–H groups in total. The van der Waals surface area contributed by atoms with Gasteiger partial charge in [0.1, 0.15) is 12.0 Å². The molecule has 0 fully saturated rings. The van der Waals surface area contributed by atoms with Gasteiger partial charge in [0.15, 0.2) is 0 Å². The van der Waals surface area contributed by atoms with Crippen LogP contribution in [0.4, 0.5) is 0 Å². The number of hydrogen-bond donors (Lipinski definition) is 1. The van der Waals surface area contributed by atoms with Gasteiger partial charge in [-0.3, -0.25) is 4.79 Å². The maximum Gasteiger partial charge on any atom is 0.337 e. The molecular weight excluding hydrogens is 234 g/mol. The van der Waals surface area contributed by atoms with Gasteiger partial charge in [0.25, 0.3) is 0 Å². The van der Waals surface area contributed by atoms with Gasteiger partial charge in [0.05, 0.1) is 5.56 Å². The largest absolute Gasteiger partial charge is 0.478 e. The fourth-order valence-electron chi connectivity index (χ4n) is 1.30. The molecule has 0 unspecified atom stereocenters. The molecular formula is C13H9NO4. The highest BCUT2D eigenvalue weighted by atomic mass is 16.5. The number of carboxylic acids is 1. The third-order valence-corrected chi connectivity index (χ3v) is 2.22. The summed E-state index contributed by atoms with van der Waals surface area (Å²) in [5.74, 6) is -0.223. The Morgan fingerprint density at radius 1 is 1.17 bits per heavy atom. The second-order valence-electron chi connectivity index (χ2n) is 3.48. The first-order valence-electron chi connectivity index (χ1n) is 5.11. The van der Waals surface area contributed by atoms with Crippen molar-refractivity contribution in [1.82, 2.24) is 4.98 Å². The van der Waals surface area contributed by atoms with Crippen LogP contribution >= 0.6 is 0 Å². The van der Waals surface area contributed by atoms with Crippen molar-refractivity contribution < 1.29 is 19.4 Å². The Bertz CT molecular complexity index is 561. The molecule has 0 saturated heterocycles. The minimum Gasteiger partial charge on any atom is -0.478 e. The van der Waals surface area contributed by atoms with E-state index in [1.54, 1.807) is 24.3 Å². The summed E-state index contributed by atoms with van der Waals surface area (Å²) in [6, 6.07) is 9.39. The number of pyridine rings is 1. The fourth-order valence-corrected chi connectivity index (χ4v) is 1.30. The van der Waals surface area contributed by atoms with Gasteiger partial charge in [-0.05, 0) is 30.3 Å². The van der Waals surface area contributed by atoms with E-state index < -0.39 is 5.97 Å². The van der Waals surface area contributed by atoms with E-state index in [4.69, 9.17) is 9.84 Å². The van der Waals surface area contributed by atoms with Gasteiger partial charge >= 0.3 is 5.97 Å². The number of carboxylic acid groups (broad SMARTS) is 1. The van der Waals surface area contributed by atoms with Crippen LogP contribution in [0.1, 0.15) is 20.7 Å². The van der Waals surface area contributed by atoms with E-state index >= 15 is 0 Å². The smallest absolute Gasteiger partial charge is 0.337 e. The number of aromatic carboxylic acids is 1. The van der Waals surface area contributed by atoms with Crippen LogP contribution in [0.5, 0.6) is 11.6 Å². The summed E-state index contributed by atoms with van der Waals surface area (Å²) in [6.07, 6.45) is 1.96. The second kappa shape index (κ2) is 5.09. The average molecular weight is 243 g/mol. The molecule has 0 aliphatic carbocycles. The van der Waals surface area contributed by atoms with Crippen molar-refractivity contribution in [1.29, 1.82) is 0 Å². The lowest BCUT2D eigenvalue weighted by atomic mass is 10.2. The van der Waals surface area contributed by atoms with E-state index in [2.05, 4.69) is 4.98 Å². The molecule has 1 aromatic heterocycles. The summed E-state index contributed by atoms with van der Waals surface area (Å²) >= 11 is 0. The lowest BCUT2D eigenvalue weighted by Crippen LogP contribution is -1.97. The van der Waals surface area contributed by atoms with Crippen molar-refractivity contribution in [2.75, 3.05) is 0 Å². The molecule has 5 heteroatoms. The normalized spacial score (nSPS) is 9.78. The standard InChI is InChI=1S/C13H9NO4/c15-8-9-1-4-11(5-2-9)18-12-6-3-10(7-14-12)13(16)17/h1-8H,(H,16,17). The van der Waals surface area contributed by atoms with Gasteiger partial charge in [0.2, 0.25) is 5.88 Å². The van der Waals surface area contributed by atoms with Crippen LogP contribution < -0.4 is 4.74 Å². The number of aromatic nitrogens is 1. The van der Waals surface area contributed by atoms with E-state index in [9.17, 15) is 9.59 Å². The van der Waals surface area contributed by atoms with Crippen molar-refractivity contribution >= 4 is 12.3 Å². The van der Waals surface area contributed by atoms with Crippen LogP contribution in [0, 0.1) is 0 Å². The van der Waals surface area contributed by atoms with Gasteiger partial charge in [0, 0.05) is 17.8 Å². The zero-order valence-corrected chi connectivity index (χ0v) is 9.24. The number of carbonyl (C=O) groups is 2. The average Bonchev–Trinajstić information content (AvgIpc) is 2.40. The van der Waals surface area contributed by atoms with Crippen molar-refractivity contribution in [3.63, 3.8) is 0 Å². The Morgan fingerprint density at radius 2 is 1.89 bits per heavy atom. The minimum absolute atomic E-state index is 0.0960. The number of nitrogens with zero attached hydrogens (tertiary/aromatic N) is 1. The van der Waals surface area contributed by atoms with E-state index in [-0.39, 0.29) is 5.56 Å². The number of hydrogen-bond acceptors (Lipinski definition) is 4. The Hall–Kier alpha value is -2.69. The number of benzene rings is 1. The highest BCUT2D eigenvalue weighted by molar-refractivity contribution is 5.87. The molecule has 0 aliphatic heterocycles. The zero-order valence-electron chi connectivity index (χ0n) is 9.24. The summed E-state index contributed by atoms with van der Waals surface area (Å²) in [4.78, 5) is 25.0. The zero-order chi connectivity index (χ0) is 13.0. The third-order valence-electron chi connectivity index (χ3n) is 2.22. The number of rotatable bonds is 4. The first-order valence-corrected chi connectivity index (χ1v) is 5.11. The molecule has 2 rings (SSSR count). The lowest BCUT2D eigenvalue weighted by Gasteiger charge is -2.04. The summed E-state index contributed by atoms with van der Waals surface area (Å²) in [5, 5.41) is 8.71. The molecule has 1 heterocycles. The molecule has 0 atom stereocenters. The van der Waals surface area contributed by atoms with Gasteiger partial charge < -0.3 is 9.84 Å². The van der Waals surface area contributed by atoms with Crippen molar-refractivity contribution in [2.45, 2.75) is 0 Å². The summed E-state index contributed by atoms with van der Waals surface area (Å²) in [7, 11) is 0. The Morgan fingerprint density at radius 3 is 2.39 bits per heavy atom. The molecule has 0 spiro atoms. The van der Waals surface area contributed by atoms with Gasteiger partial charge in [-0.25, -0.2) is 9.78 Å². The van der Waals surface area contributed by atoms with E-state index in [0.717, 1.165) is 6.29 Å². The van der Waals surface area contributed by atoms with E-state index in [1.165, 1.54) is 18.3 Å². The van der Waals surface area contributed by atoms with Gasteiger partial charge in [-0.1, -0.05) is 0 Å². The highest BCUT2D eigenvalue weighted by Crippen LogP contribution is 2.19. The second-order valence-corrected chi connectivity index (χ2v) is 3.48. The van der Waals surface area contributed by atoms with E-state index in [0.29, 0.717) is 17.2 Å². The molecule has 18 heavy (non-hydrogen) atoms. The maximum atomic E-state index is 10.6. The van der Waals surface area contributed by atoms with Crippen LogP contribution in [0.2, 0.25) is 0 Å². The summed E-state index contributed by atoms with van der Waals surface area (Å²) in [5.41, 5.74) is 0.648. The molecule has 90 valence electrons. The van der Waals surface area contributed by atoms with Crippen LogP contribution in [0.15, 0.2) is 42.6 Å². The number of carbonyl (C=O) groups excluding carboxylic acids is 1. The van der Waals surface area contributed by atoms with Crippen LogP contribution in [-0.4, -0.2) is 22.3 Å². The third kappa shape index (κ3) is 2.70. The van der Waals surface area contributed by atoms with E-state index in [1.807, 2.05) is 0 Å². The predicted octanol–water partition coefficient (Wildman–Crippen LogP) is 2.38. The topological polar surface area (TPSA) is 76.5 Å². The fraction of sp³-hybridized carbons (Fsp3) is 0. The maximum absolute atomic E-state index is 10.6. The van der Waals surface area contributed by atoms with Crippen LogP contribution in [0.3, 0.4) is 0 Å². The first kappa shape index (κ1) is 11.8. The summed E-state index contributed by atoms with van der Waals surface area (Å²) < 4.78 is 5.39. The quantitative estimate of drug-likeness (QED) is 0.834. The van der Waals surface area contributed by atoms with Gasteiger partial charge in [-0.2, -0.15) is 0 Å². The Kier molecular flexibility index (Phi) is 3.33. The van der Waals surface area contributed by atoms with Crippen LogP contribution in [-0.2, 0) is 0 Å².